The van der Waals surface area contributed by atoms with Crippen LogP contribution in [0.1, 0.15) is 17.1 Å². The Balaban J connectivity index is 1.79. The van der Waals surface area contributed by atoms with E-state index in [0.29, 0.717) is 22.0 Å². The second-order valence-electron chi connectivity index (χ2n) is 6.88. The van der Waals surface area contributed by atoms with Gasteiger partial charge < -0.3 is 5.73 Å². The van der Waals surface area contributed by atoms with E-state index in [-0.39, 0.29) is 12.1 Å². The van der Waals surface area contributed by atoms with Gasteiger partial charge in [0.25, 0.3) is 5.56 Å². The first-order valence-corrected chi connectivity index (χ1v) is 10.1. The number of nitrogens with zero attached hydrogens (tertiary/aromatic N) is 4. The first-order valence-electron chi connectivity index (χ1n) is 9.30. The fourth-order valence-electron chi connectivity index (χ4n) is 3.74. The number of rotatable bonds is 3. The highest BCUT2D eigenvalue weighted by molar-refractivity contribution is 7.21. The number of H-pyrrole nitrogens is 1. The molecule has 146 valence electrons. The van der Waals surface area contributed by atoms with Crippen molar-refractivity contribution in [2.45, 2.75) is 13.5 Å². The fourth-order valence-corrected chi connectivity index (χ4v) is 4.95. The van der Waals surface area contributed by atoms with Crippen LogP contribution in [-0.4, -0.2) is 19.7 Å². The summed E-state index contributed by atoms with van der Waals surface area (Å²) in [5.41, 5.74) is 8.51. The zero-order valence-corrected chi connectivity index (χ0v) is 16.8. The van der Waals surface area contributed by atoms with Crippen LogP contribution in [0, 0.1) is 18.3 Å². The van der Waals surface area contributed by atoms with Crippen LogP contribution < -0.4 is 11.3 Å². The van der Waals surface area contributed by atoms with E-state index in [1.54, 1.807) is 23.6 Å². The zero-order chi connectivity index (χ0) is 20.8. The molecule has 0 aliphatic heterocycles. The zero-order valence-electron chi connectivity index (χ0n) is 16.0. The number of hydrogen-bond acceptors (Lipinski definition) is 6. The maximum Gasteiger partial charge on any atom is 0.272 e. The number of fused-ring (bicyclic) bond motifs is 2. The lowest BCUT2D eigenvalue weighted by molar-refractivity contribution is 0.900. The molecular formula is C22H16N6OS. The van der Waals surface area contributed by atoms with Crippen LogP contribution in [-0.2, 0) is 6.54 Å². The van der Waals surface area contributed by atoms with Gasteiger partial charge in [-0.3, -0.25) is 9.36 Å². The molecule has 3 aromatic heterocycles. The number of nitrogens with one attached hydrogen (secondary N) is 1. The molecule has 0 fully saturated rings. The average Bonchev–Trinajstić information content (AvgIpc) is 3.33. The lowest BCUT2D eigenvalue weighted by Crippen LogP contribution is -2.13. The molecule has 5 rings (SSSR count). The van der Waals surface area contributed by atoms with Crippen LogP contribution in [0.5, 0.6) is 0 Å². The Morgan fingerprint density at radius 1 is 1.20 bits per heavy atom. The molecule has 0 atom stereocenters. The molecule has 0 aliphatic rings. The van der Waals surface area contributed by atoms with E-state index < -0.39 is 0 Å². The topological polar surface area (TPSA) is 113 Å². The highest BCUT2D eigenvalue weighted by atomic mass is 32.1. The van der Waals surface area contributed by atoms with Gasteiger partial charge in [0.15, 0.2) is 0 Å². The van der Waals surface area contributed by atoms with Crippen LogP contribution >= 0.6 is 11.3 Å². The number of nitrogens with two attached hydrogens (primary N) is 1. The van der Waals surface area contributed by atoms with E-state index in [1.165, 1.54) is 0 Å². The second kappa shape index (κ2) is 6.91. The first-order chi connectivity index (χ1) is 14.6. The van der Waals surface area contributed by atoms with Crippen LogP contribution in [0.4, 0.5) is 0 Å². The number of aromatic amines is 1. The third-order valence-corrected chi connectivity index (χ3v) is 6.34. The maximum atomic E-state index is 12.2. The highest BCUT2D eigenvalue weighted by Gasteiger charge is 2.19. The van der Waals surface area contributed by atoms with E-state index in [0.717, 1.165) is 32.2 Å². The van der Waals surface area contributed by atoms with Crippen LogP contribution in [0.25, 0.3) is 37.1 Å². The number of benzene rings is 2. The molecule has 30 heavy (non-hydrogen) atoms. The molecule has 3 heterocycles. The number of aryl methyl sites for hydroxylation is 1. The Labute approximate surface area is 175 Å². The molecule has 5 aromatic rings. The minimum atomic E-state index is -0.255. The van der Waals surface area contributed by atoms with Crippen molar-refractivity contribution in [3.8, 4) is 22.3 Å². The third-order valence-electron chi connectivity index (χ3n) is 5.19. The van der Waals surface area contributed by atoms with Gasteiger partial charge in [0, 0.05) is 27.6 Å². The van der Waals surface area contributed by atoms with Gasteiger partial charge in [-0.1, -0.05) is 24.3 Å². The van der Waals surface area contributed by atoms with Crippen molar-refractivity contribution in [2.24, 2.45) is 5.73 Å². The van der Waals surface area contributed by atoms with Gasteiger partial charge in [-0.15, -0.1) is 11.3 Å². The molecule has 3 N–H and O–H groups in total. The molecule has 7 nitrogen and oxygen atoms in total. The number of thiophene rings is 1. The largest absolute Gasteiger partial charge is 0.325 e. The minimum Gasteiger partial charge on any atom is -0.325 e. The van der Waals surface area contributed by atoms with E-state index >= 15 is 0 Å². The van der Waals surface area contributed by atoms with Crippen molar-refractivity contribution in [2.75, 3.05) is 0 Å². The van der Waals surface area contributed by atoms with Crippen LogP contribution in [0.15, 0.2) is 53.5 Å². The monoisotopic (exact) mass is 412 g/mol. The van der Waals surface area contributed by atoms with Crippen LogP contribution in [0.3, 0.4) is 0 Å². The summed E-state index contributed by atoms with van der Waals surface area (Å²) in [6, 6.07) is 15.8. The van der Waals surface area contributed by atoms with Crippen molar-refractivity contribution in [3.05, 3.63) is 76.1 Å². The van der Waals surface area contributed by atoms with Gasteiger partial charge in [-0.05, 0) is 25.1 Å². The minimum absolute atomic E-state index is 0.212. The van der Waals surface area contributed by atoms with Gasteiger partial charge in [0.1, 0.15) is 16.9 Å². The summed E-state index contributed by atoms with van der Waals surface area (Å²) >= 11 is 1.56. The standard InChI is InChI=1S/C22H16N6OS/c1-12-25-11-19(13-6-7-15-16(8-13)18(10-24)26-27-21(15)29)28(12)22-17(9-23)14-4-2-3-5-20(14)30-22/h2-8,11H,10,24H2,1H3,(H,27,29). The molecule has 0 amide bonds. The smallest absolute Gasteiger partial charge is 0.272 e. The van der Waals surface area contributed by atoms with Crippen molar-refractivity contribution in [1.82, 2.24) is 19.7 Å². The van der Waals surface area contributed by atoms with E-state index in [4.69, 9.17) is 5.73 Å². The summed E-state index contributed by atoms with van der Waals surface area (Å²) in [6.07, 6.45) is 1.78. The predicted molar refractivity (Wildman–Crippen MR) is 118 cm³/mol. The molecule has 0 unspecified atom stereocenters. The predicted octanol–water partition coefficient (Wildman–Crippen LogP) is 3.63. The van der Waals surface area contributed by atoms with Crippen molar-refractivity contribution in [1.29, 1.82) is 5.26 Å². The van der Waals surface area contributed by atoms with Crippen molar-refractivity contribution >= 4 is 32.2 Å². The fraction of sp³-hybridized carbons (Fsp3) is 0.0909. The van der Waals surface area contributed by atoms with Gasteiger partial charge >= 0.3 is 0 Å². The summed E-state index contributed by atoms with van der Waals surface area (Å²) in [4.78, 5) is 16.7. The summed E-state index contributed by atoms with van der Waals surface area (Å²) < 4.78 is 3.04. The molecule has 0 saturated heterocycles. The third kappa shape index (κ3) is 2.64. The Morgan fingerprint density at radius 3 is 2.83 bits per heavy atom. The molecule has 0 radical (unpaired) electrons. The Morgan fingerprint density at radius 2 is 2.03 bits per heavy atom. The van der Waals surface area contributed by atoms with Crippen molar-refractivity contribution < 1.29 is 0 Å². The molecule has 0 aliphatic carbocycles. The van der Waals surface area contributed by atoms with Crippen LogP contribution in [0.2, 0.25) is 0 Å². The number of nitriles is 1. The lowest BCUT2D eigenvalue weighted by Gasteiger charge is -2.10. The van der Waals surface area contributed by atoms with Gasteiger partial charge in [-0.2, -0.15) is 10.4 Å². The average molecular weight is 412 g/mol. The van der Waals surface area contributed by atoms with Crippen molar-refractivity contribution in [3.63, 3.8) is 0 Å². The number of hydrogen-bond donors (Lipinski definition) is 2. The Bertz CT molecular complexity index is 1540. The molecule has 0 spiro atoms. The maximum absolute atomic E-state index is 12.2. The van der Waals surface area contributed by atoms with Gasteiger partial charge in [0.2, 0.25) is 0 Å². The number of imidazole rings is 1. The van der Waals surface area contributed by atoms with E-state index in [1.807, 2.05) is 47.9 Å². The molecule has 0 bridgehead atoms. The van der Waals surface area contributed by atoms with Gasteiger partial charge in [0.05, 0.1) is 28.5 Å². The lowest BCUT2D eigenvalue weighted by atomic mass is 10.0. The van der Waals surface area contributed by atoms with Gasteiger partial charge in [-0.25, -0.2) is 10.1 Å². The second-order valence-corrected chi connectivity index (χ2v) is 7.91. The normalized spacial score (nSPS) is 11.2. The first kappa shape index (κ1) is 18.2. The summed E-state index contributed by atoms with van der Waals surface area (Å²) in [6.45, 7) is 2.12. The Kier molecular flexibility index (Phi) is 4.20. The quantitative estimate of drug-likeness (QED) is 0.470. The summed E-state index contributed by atoms with van der Waals surface area (Å²) in [5, 5.41) is 19.4. The molecule has 0 saturated carbocycles. The molecular weight excluding hydrogens is 396 g/mol. The summed E-state index contributed by atoms with van der Waals surface area (Å²) in [5.74, 6) is 0.774. The number of aromatic nitrogens is 4. The summed E-state index contributed by atoms with van der Waals surface area (Å²) in [7, 11) is 0. The Hall–Kier alpha value is -3.80. The SMILES string of the molecule is Cc1ncc(-c2ccc3c(=O)[nH]nc(CN)c3c2)n1-c1sc2ccccc2c1C#N. The van der Waals surface area contributed by atoms with E-state index in [2.05, 4.69) is 21.3 Å². The van der Waals surface area contributed by atoms with E-state index in [9.17, 15) is 10.1 Å². The molecule has 2 aromatic carbocycles. The highest BCUT2D eigenvalue weighted by Crippen LogP contribution is 2.37. The molecule has 8 heteroatoms.